The van der Waals surface area contributed by atoms with E-state index in [-0.39, 0.29) is 11.8 Å². The van der Waals surface area contributed by atoms with E-state index in [4.69, 9.17) is 0 Å². The quantitative estimate of drug-likeness (QED) is 0.638. The zero-order chi connectivity index (χ0) is 9.89. The number of carbonyl (C=O) groups excluding carboxylic acids is 2. The molecule has 1 N–H and O–H groups in total. The summed E-state index contributed by atoms with van der Waals surface area (Å²) < 4.78 is 0. The summed E-state index contributed by atoms with van der Waals surface area (Å²) in [5.41, 5.74) is 0. The number of aliphatic hydroxyl groups excluding tert-OH is 1. The van der Waals surface area contributed by atoms with E-state index < -0.39 is 17.7 Å². The van der Waals surface area contributed by atoms with Crippen LogP contribution in [0.4, 0.5) is 0 Å². The third kappa shape index (κ3) is 2.74. The smallest absolute Gasteiger partial charge is 0.227 e. The van der Waals surface area contributed by atoms with Gasteiger partial charge >= 0.3 is 0 Å². The molecule has 0 aromatic carbocycles. The molecule has 0 spiro atoms. The van der Waals surface area contributed by atoms with Gasteiger partial charge in [0.25, 0.3) is 0 Å². The number of hydrogen-bond donors (Lipinski definition) is 1. The van der Waals surface area contributed by atoms with E-state index in [0.717, 1.165) is 0 Å². The highest BCUT2D eigenvalue weighted by Crippen LogP contribution is 2.06. The summed E-state index contributed by atoms with van der Waals surface area (Å²) in [7, 11) is 0. The van der Waals surface area contributed by atoms with E-state index in [1.165, 1.54) is 0 Å². The van der Waals surface area contributed by atoms with Crippen molar-refractivity contribution in [3.8, 4) is 0 Å². The Balaban J connectivity index is 4.30. The Bertz CT molecular complexity index is 182. The zero-order valence-corrected chi connectivity index (χ0v) is 8.00. The SMILES string of the molecule is CC(C)C(=O)C(=O)C(O)C(C)C. The molecule has 1 unspecified atom stereocenters. The Labute approximate surface area is 72.8 Å². The number of carbonyl (C=O) groups is 2. The molecule has 0 aromatic heterocycles. The lowest BCUT2D eigenvalue weighted by Gasteiger charge is -2.12. The van der Waals surface area contributed by atoms with Gasteiger partial charge in [-0.1, -0.05) is 27.7 Å². The van der Waals surface area contributed by atoms with Gasteiger partial charge in [0.15, 0.2) is 0 Å². The minimum Gasteiger partial charge on any atom is -0.385 e. The first kappa shape index (κ1) is 11.3. The van der Waals surface area contributed by atoms with Gasteiger partial charge in [-0.2, -0.15) is 0 Å². The van der Waals surface area contributed by atoms with Gasteiger partial charge in [0.05, 0.1) is 0 Å². The van der Waals surface area contributed by atoms with Gasteiger partial charge in [-0.15, -0.1) is 0 Å². The highest BCUT2D eigenvalue weighted by molar-refractivity contribution is 6.39. The zero-order valence-electron chi connectivity index (χ0n) is 8.00. The molecule has 1 atom stereocenters. The van der Waals surface area contributed by atoms with Gasteiger partial charge in [-0.25, -0.2) is 0 Å². The third-order valence-corrected chi connectivity index (χ3v) is 1.67. The molecule has 0 amide bonds. The Hall–Kier alpha value is -0.700. The van der Waals surface area contributed by atoms with Crippen molar-refractivity contribution in [2.24, 2.45) is 11.8 Å². The van der Waals surface area contributed by atoms with Crippen molar-refractivity contribution in [2.45, 2.75) is 33.8 Å². The minimum absolute atomic E-state index is 0.194. The monoisotopic (exact) mass is 172 g/mol. The maximum Gasteiger partial charge on any atom is 0.227 e. The van der Waals surface area contributed by atoms with E-state index in [1.807, 2.05) is 0 Å². The topological polar surface area (TPSA) is 54.4 Å². The largest absolute Gasteiger partial charge is 0.385 e. The van der Waals surface area contributed by atoms with Crippen LogP contribution in [0.1, 0.15) is 27.7 Å². The molecular formula is C9H16O3. The number of hydrogen-bond acceptors (Lipinski definition) is 3. The molecule has 0 rings (SSSR count). The van der Waals surface area contributed by atoms with Crippen molar-refractivity contribution in [3.05, 3.63) is 0 Å². The fourth-order valence-corrected chi connectivity index (χ4v) is 0.733. The lowest BCUT2D eigenvalue weighted by Crippen LogP contribution is -2.34. The van der Waals surface area contributed by atoms with Crippen molar-refractivity contribution < 1.29 is 14.7 Å². The van der Waals surface area contributed by atoms with Crippen molar-refractivity contribution in [1.29, 1.82) is 0 Å². The molecule has 0 aliphatic heterocycles. The highest BCUT2D eigenvalue weighted by atomic mass is 16.3. The normalized spacial score (nSPS) is 13.6. The van der Waals surface area contributed by atoms with E-state index >= 15 is 0 Å². The summed E-state index contributed by atoms with van der Waals surface area (Å²) >= 11 is 0. The fraction of sp³-hybridized carbons (Fsp3) is 0.778. The first-order chi connectivity index (χ1) is 5.37. The summed E-state index contributed by atoms with van der Waals surface area (Å²) in [5.74, 6) is -1.68. The maximum absolute atomic E-state index is 11.1. The van der Waals surface area contributed by atoms with Crippen LogP contribution in [-0.4, -0.2) is 22.8 Å². The van der Waals surface area contributed by atoms with Crippen LogP contribution in [0.25, 0.3) is 0 Å². The molecule has 0 bridgehead atoms. The molecule has 3 heteroatoms. The molecule has 0 radical (unpaired) electrons. The fourth-order valence-electron chi connectivity index (χ4n) is 0.733. The summed E-state index contributed by atoms with van der Waals surface area (Å²) in [6, 6.07) is 0. The van der Waals surface area contributed by atoms with Gasteiger partial charge in [-0.05, 0) is 5.92 Å². The number of ketones is 2. The standard InChI is InChI=1S/C9H16O3/c1-5(2)7(10)9(12)8(11)6(3)4/h5-7,10H,1-4H3. The number of rotatable bonds is 4. The van der Waals surface area contributed by atoms with Crippen LogP contribution in [0.3, 0.4) is 0 Å². The van der Waals surface area contributed by atoms with Gasteiger partial charge in [-0.3, -0.25) is 9.59 Å². The van der Waals surface area contributed by atoms with E-state index in [9.17, 15) is 14.7 Å². The predicted molar refractivity (Wildman–Crippen MR) is 45.7 cm³/mol. The van der Waals surface area contributed by atoms with Gasteiger partial charge in [0.1, 0.15) is 6.10 Å². The average molecular weight is 172 g/mol. The molecule has 0 aliphatic carbocycles. The van der Waals surface area contributed by atoms with Gasteiger partial charge in [0, 0.05) is 5.92 Å². The summed E-state index contributed by atoms with van der Waals surface area (Å²) in [5, 5.41) is 9.24. The molecular weight excluding hydrogens is 156 g/mol. The van der Waals surface area contributed by atoms with E-state index in [1.54, 1.807) is 27.7 Å². The predicted octanol–water partition coefficient (Wildman–Crippen LogP) is 0.797. The highest BCUT2D eigenvalue weighted by Gasteiger charge is 2.27. The Kier molecular flexibility index (Phi) is 4.10. The molecule has 0 fully saturated rings. The molecule has 3 nitrogen and oxygen atoms in total. The number of Topliss-reactive ketones (excluding diaryl/α,β-unsaturated/α-hetero) is 2. The molecule has 70 valence electrons. The van der Waals surface area contributed by atoms with Gasteiger partial charge < -0.3 is 5.11 Å². The Morgan fingerprint density at radius 2 is 1.42 bits per heavy atom. The summed E-state index contributed by atoms with van der Waals surface area (Å²) in [6.07, 6.45) is -1.14. The molecule has 0 heterocycles. The van der Waals surface area contributed by atoms with Crippen molar-refractivity contribution in [3.63, 3.8) is 0 Å². The molecule has 0 saturated carbocycles. The first-order valence-electron chi connectivity index (χ1n) is 4.14. The second-order valence-corrected chi connectivity index (χ2v) is 3.57. The van der Waals surface area contributed by atoms with Crippen LogP contribution in [-0.2, 0) is 9.59 Å². The summed E-state index contributed by atoms with van der Waals surface area (Å²) in [4.78, 5) is 22.2. The van der Waals surface area contributed by atoms with Crippen LogP contribution >= 0.6 is 0 Å². The lowest BCUT2D eigenvalue weighted by molar-refractivity contribution is -0.144. The molecule has 0 saturated heterocycles. The Morgan fingerprint density at radius 3 is 1.67 bits per heavy atom. The number of aliphatic hydroxyl groups is 1. The average Bonchev–Trinajstić information content (AvgIpc) is 2.00. The van der Waals surface area contributed by atoms with Crippen molar-refractivity contribution in [2.75, 3.05) is 0 Å². The second-order valence-electron chi connectivity index (χ2n) is 3.57. The first-order valence-corrected chi connectivity index (χ1v) is 4.14. The maximum atomic E-state index is 11.1. The van der Waals surface area contributed by atoms with E-state index in [0.29, 0.717) is 0 Å². The van der Waals surface area contributed by atoms with Crippen molar-refractivity contribution >= 4 is 11.6 Å². The lowest BCUT2D eigenvalue weighted by atomic mass is 9.95. The van der Waals surface area contributed by atoms with Crippen LogP contribution in [0, 0.1) is 11.8 Å². The van der Waals surface area contributed by atoms with Crippen LogP contribution in [0.5, 0.6) is 0 Å². The molecule has 0 aromatic rings. The minimum atomic E-state index is -1.14. The van der Waals surface area contributed by atoms with Crippen LogP contribution in [0.15, 0.2) is 0 Å². The third-order valence-electron chi connectivity index (χ3n) is 1.67. The van der Waals surface area contributed by atoms with Gasteiger partial charge in [0.2, 0.25) is 11.6 Å². The second kappa shape index (κ2) is 4.36. The van der Waals surface area contributed by atoms with Crippen LogP contribution in [0.2, 0.25) is 0 Å². The molecule has 0 aliphatic rings. The van der Waals surface area contributed by atoms with Crippen molar-refractivity contribution in [1.82, 2.24) is 0 Å². The summed E-state index contributed by atoms with van der Waals surface area (Å²) in [6.45, 7) is 6.70. The van der Waals surface area contributed by atoms with E-state index in [2.05, 4.69) is 0 Å². The molecule has 12 heavy (non-hydrogen) atoms. The van der Waals surface area contributed by atoms with Crippen LogP contribution < -0.4 is 0 Å². The Morgan fingerprint density at radius 1 is 1.00 bits per heavy atom.